The summed E-state index contributed by atoms with van der Waals surface area (Å²) in [5.74, 6) is -1.45. The average Bonchev–Trinajstić information content (AvgIpc) is 2.47. The van der Waals surface area contributed by atoms with E-state index in [-0.39, 0.29) is 23.7 Å². The molecular weight excluding hydrogens is 284 g/mol. The zero-order valence-corrected chi connectivity index (χ0v) is 12.6. The summed E-state index contributed by atoms with van der Waals surface area (Å²) in [5.41, 5.74) is 1.91. The molecular formula is C16H16N2O4. The first-order chi connectivity index (χ1) is 10.4. The Labute approximate surface area is 127 Å². The van der Waals surface area contributed by atoms with Gasteiger partial charge in [0.1, 0.15) is 6.61 Å². The molecule has 0 amide bonds. The van der Waals surface area contributed by atoms with E-state index in [0.29, 0.717) is 5.56 Å². The van der Waals surface area contributed by atoms with Crippen molar-refractivity contribution in [3.8, 4) is 0 Å². The minimum Gasteiger partial charge on any atom is -0.476 e. The van der Waals surface area contributed by atoms with E-state index in [1.165, 1.54) is 13.3 Å². The quantitative estimate of drug-likeness (QED) is 0.851. The molecule has 2 aromatic rings. The number of benzene rings is 1. The molecule has 0 saturated heterocycles. The van der Waals surface area contributed by atoms with Crippen molar-refractivity contribution in [3.05, 3.63) is 58.2 Å². The maximum atomic E-state index is 12.6. The summed E-state index contributed by atoms with van der Waals surface area (Å²) in [6.45, 7) is 3.81. The van der Waals surface area contributed by atoms with Crippen LogP contribution in [-0.4, -0.2) is 33.9 Å². The Morgan fingerprint density at radius 2 is 1.95 bits per heavy atom. The van der Waals surface area contributed by atoms with Crippen molar-refractivity contribution in [3.63, 3.8) is 0 Å². The standard InChI is InChI=1S/C16H16N2O4/c1-9-4-5-11(10(2)6-9)15(19)12-7-17-13(8-22-3)18-14(12)16(20)21/h4-7H,8H2,1-3H3,(H,20,21). The number of rotatable bonds is 5. The maximum Gasteiger partial charge on any atom is 0.355 e. The zero-order valence-electron chi connectivity index (χ0n) is 12.6. The molecule has 0 aliphatic heterocycles. The van der Waals surface area contributed by atoms with E-state index in [0.717, 1.165) is 11.1 Å². The average molecular weight is 300 g/mol. The minimum absolute atomic E-state index is 0.0284. The van der Waals surface area contributed by atoms with Crippen molar-refractivity contribution >= 4 is 11.8 Å². The minimum atomic E-state index is -1.27. The number of carboxylic acids is 1. The highest BCUT2D eigenvalue weighted by Crippen LogP contribution is 2.17. The lowest BCUT2D eigenvalue weighted by atomic mass is 9.97. The van der Waals surface area contributed by atoms with Crippen LogP contribution in [0, 0.1) is 13.8 Å². The van der Waals surface area contributed by atoms with Crippen molar-refractivity contribution in [1.82, 2.24) is 9.97 Å². The molecule has 0 spiro atoms. The van der Waals surface area contributed by atoms with E-state index in [4.69, 9.17) is 4.74 Å². The molecule has 6 nitrogen and oxygen atoms in total. The first-order valence-corrected chi connectivity index (χ1v) is 6.64. The molecule has 1 heterocycles. The number of ether oxygens (including phenoxy) is 1. The van der Waals surface area contributed by atoms with Crippen LogP contribution in [-0.2, 0) is 11.3 Å². The van der Waals surface area contributed by atoms with Gasteiger partial charge in [0.15, 0.2) is 17.3 Å². The third-order valence-corrected chi connectivity index (χ3v) is 3.19. The number of methoxy groups -OCH3 is 1. The van der Waals surface area contributed by atoms with Gasteiger partial charge in [-0.05, 0) is 19.4 Å². The largest absolute Gasteiger partial charge is 0.476 e. The van der Waals surface area contributed by atoms with Gasteiger partial charge in [-0.2, -0.15) is 0 Å². The Kier molecular flexibility index (Phi) is 4.62. The molecule has 0 radical (unpaired) electrons. The molecule has 0 fully saturated rings. The van der Waals surface area contributed by atoms with Crippen molar-refractivity contribution in [1.29, 1.82) is 0 Å². The second kappa shape index (κ2) is 6.44. The first-order valence-electron chi connectivity index (χ1n) is 6.64. The third kappa shape index (κ3) is 3.17. The highest BCUT2D eigenvalue weighted by molar-refractivity contribution is 6.14. The topological polar surface area (TPSA) is 89.4 Å². The summed E-state index contributed by atoms with van der Waals surface area (Å²) >= 11 is 0. The van der Waals surface area contributed by atoms with Crippen molar-refractivity contribution in [2.75, 3.05) is 7.11 Å². The second-order valence-corrected chi connectivity index (χ2v) is 4.93. The predicted molar refractivity (Wildman–Crippen MR) is 79.1 cm³/mol. The molecule has 0 aliphatic rings. The molecule has 1 N–H and O–H groups in total. The van der Waals surface area contributed by atoms with E-state index in [2.05, 4.69) is 9.97 Å². The van der Waals surface area contributed by atoms with Gasteiger partial charge in [0.25, 0.3) is 0 Å². The fourth-order valence-corrected chi connectivity index (χ4v) is 2.16. The van der Waals surface area contributed by atoms with Gasteiger partial charge in [-0.25, -0.2) is 14.8 Å². The number of aromatic nitrogens is 2. The van der Waals surface area contributed by atoms with Crippen LogP contribution in [0.2, 0.25) is 0 Å². The van der Waals surface area contributed by atoms with Crippen LogP contribution in [0.15, 0.2) is 24.4 Å². The fraction of sp³-hybridized carbons (Fsp3) is 0.250. The summed E-state index contributed by atoms with van der Waals surface area (Å²) in [5, 5.41) is 9.28. The van der Waals surface area contributed by atoms with Crippen LogP contribution < -0.4 is 0 Å². The lowest BCUT2D eigenvalue weighted by Gasteiger charge is -2.09. The fourth-order valence-electron chi connectivity index (χ4n) is 2.16. The molecule has 114 valence electrons. The molecule has 0 saturated carbocycles. The maximum absolute atomic E-state index is 12.6. The summed E-state index contributed by atoms with van der Waals surface area (Å²) < 4.78 is 4.88. The molecule has 0 bridgehead atoms. The van der Waals surface area contributed by atoms with Crippen LogP contribution >= 0.6 is 0 Å². The molecule has 0 atom stereocenters. The highest BCUT2D eigenvalue weighted by atomic mass is 16.5. The second-order valence-electron chi connectivity index (χ2n) is 4.93. The van der Waals surface area contributed by atoms with Gasteiger partial charge in [0.05, 0.1) is 5.56 Å². The van der Waals surface area contributed by atoms with Crippen LogP contribution in [0.3, 0.4) is 0 Å². The Morgan fingerprint density at radius 3 is 2.55 bits per heavy atom. The smallest absolute Gasteiger partial charge is 0.355 e. The summed E-state index contributed by atoms with van der Waals surface area (Å²) in [6, 6.07) is 5.36. The van der Waals surface area contributed by atoms with Crippen LogP contribution in [0.25, 0.3) is 0 Å². The Hall–Kier alpha value is -2.60. The lowest BCUT2D eigenvalue weighted by Crippen LogP contribution is -2.15. The Balaban J connectivity index is 2.51. The first kappa shape index (κ1) is 15.8. The molecule has 6 heteroatoms. The van der Waals surface area contributed by atoms with Gasteiger partial charge in [-0.3, -0.25) is 4.79 Å². The molecule has 2 rings (SSSR count). The van der Waals surface area contributed by atoms with Crippen molar-refractivity contribution in [2.24, 2.45) is 0 Å². The van der Waals surface area contributed by atoms with E-state index in [1.54, 1.807) is 19.1 Å². The van der Waals surface area contributed by atoms with E-state index >= 15 is 0 Å². The molecule has 1 aromatic carbocycles. The van der Waals surface area contributed by atoms with Crippen molar-refractivity contribution < 1.29 is 19.4 Å². The van der Waals surface area contributed by atoms with E-state index in [9.17, 15) is 14.7 Å². The van der Waals surface area contributed by atoms with Gasteiger partial charge in [0, 0.05) is 18.9 Å². The van der Waals surface area contributed by atoms with Gasteiger partial charge in [-0.1, -0.05) is 23.8 Å². The third-order valence-electron chi connectivity index (χ3n) is 3.19. The number of aromatic carboxylic acids is 1. The molecule has 1 aromatic heterocycles. The molecule has 0 unspecified atom stereocenters. The SMILES string of the molecule is COCc1ncc(C(=O)c2ccc(C)cc2C)c(C(=O)O)n1. The zero-order chi connectivity index (χ0) is 16.3. The number of carbonyl (C=O) groups is 2. The number of aryl methyl sites for hydroxylation is 2. The molecule has 22 heavy (non-hydrogen) atoms. The Bertz CT molecular complexity index is 741. The van der Waals surface area contributed by atoms with Crippen LogP contribution in [0.5, 0.6) is 0 Å². The monoisotopic (exact) mass is 300 g/mol. The number of nitrogens with zero attached hydrogens (tertiary/aromatic N) is 2. The summed E-state index contributed by atoms with van der Waals surface area (Å²) in [7, 11) is 1.46. The van der Waals surface area contributed by atoms with Gasteiger partial charge >= 0.3 is 5.97 Å². The van der Waals surface area contributed by atoms with E-state index < -0.39 is 11.8 Å². The highest BCUT2D eigenvalue weighted by Gasteiger charge is 2.22. The number of hydrogen-bond acceptors (Lipinski definition) is 5. The number of carbonyl (C=O) groups excluding carboxylic acids is 1. The lowest BCUT2D eigenvalue weighted by molar-refractivity contribution is 0.0684. The number of hydrogen-bond donors (Lipinski definition) is 1. The van der Waals surface area contributed by atoms with Gasteiger partial charge in [-0.15, -0.1) is 0 Å². The van der Waals surface area contributed by atoms with Crippen molar-refractivity contribution in [2.45, 2.75) is 20.5 Å². The summed E-state index contributed by atoms with van der Waals surface area (Å²) in [4.78, 5) is 31.9. The van der Waals surface area contributed by atoms with E-state index in [1.807, 2.05) is 13.0 Å². The predicted octanol–water partition coefficient (Wildman–Crippen LogP) is 2.17. The number of carboxylic acid groups (broad SMARTS) is 1. The van der Waals surface area contributed by atoms with Gasteiger partial charge in [0.2, 0.25) is 0 Å². The van der Waals surface area contributed by atoms with Crippen LogP contribution in [0.4, 0.5) is 0 Å². The number of ketones is 1. The van der Waals surface area contributed by atoms with Crippen LogP contribution in [0.1, 0.15) is 43.4 Å². The normalized spacial score (nSPS) is 10.5. The summed E-state index contributed by atoms with van der Waals surface area (Å²) in [6.07, 6.45) is 1.24. The Morgan fingerprint density at radius 1 is 1.23 bits per heavy atom. The van der Waals surface area contributed by atoms with Gasteiger partial charge < -0.3 is 9.84 Å². The molecule has 0 aliphatic carbocycles.